The maximum absolute atomic E-state index is 12.7. The van der Waals surface area contributed by atoms with Crippen LogP contribution in [0, 0.1) is 11.3 Å². The molecule has 1 amide bonds. The number of methoxy groups -OCH3 is 1. The number of nitrogens with zero attached hydrogens (tertiary/aromatic N) is 2. The van der Waals surface area contributed by atoms with Gasteiger partial charge in [-0.3, -0.25) is 9.08 Å². The minimum atomic E-state index is -2.65. The first-order valence-corrected chi connectivity index (χ1v) is 10.8. The van der Waals surface area contributed by atoms with Gasteiger partial charge in [0.25, 0.3) is 0 Å². The van der Waals surface area contributed by atoms with E-state index in [0.29, 0.717) is 35.7 Å². The second-order valence-electron chi connectivity index (χ2n) is 8.16. The summed E-state index contributed by atoms with van der Waals surface area (Å²) in [6.07, 6.45) is -0.439. The number of hydrogen-bond acceptors (Lipinski definition) is 8. The van der Waals surface area contributed by atoms with Crippen LogP contribution in [0.3, 0.4) is 0 Å². The van der Waals surface area contributed by atoms with Gasteiger partial charge in [-0.05, 0) is 67.8 Å². The van der Waals surface area contributed by atoms with E-state index in [1.54, 1.807) is 49.9 Å². The molecule has 1 aliphatic rings. The topological polar surface area (TPSA) is 124 Å². The van der Waals surface area contributed by atoms with Gasteiger partial charge in [-0.15, -0.1) is 0 Å². The van der Waals surface area contributed by atoms with Crippen LogP contribution in [0.25, 0.3) is 11.1 Å². The number of nitriles is 1. The molecule has 0 bridgehead atoms. The van der Waals surface area contributed by atoms with Crippen LogP contribution in [0.2, 0.25) is 0 Å². The molecule has 3 rings (SSSR count). The highest BCUT2D eigenvalue weighted by molar-refractivity contribution is 7.74. The fourth-order valence-electron chi connectivity index (χ4n) is 3.44. The minimum absolute atomic E-state index is 0.257. The Morgan fingerprint density at radius 2 is 2.00 bits per heavy atom. The fraction of sp³-hybridized carbons (Fsp3) is 0.364. The highest BCUT2D eigenvalue weighted by Crippen LogP contribution is 2.38. The summed E-state index contributed by atoms with van der Waals surface area (Å²) in [5.41, 5.74) is 3.50. The first-order chi connectivity index (χ1) is 15.1. The number of ether oxygens (including phenoxy) is 2. The Labute approximate surface area is 189 Å². The van der Waals surface area contributed by atoms with Crippen molar-refractivity contribution in [2.75, 3.05) is 19.2 Å². The zero-order chi connectivity index (χ0) is 23.5. The Kier molecular flexibility index (Phi) is 7.03. The molecular weight excluding hydrogens is 434 g/mol. The number of amides is 1. The van der Waals surface area contributed by atoms with Crippen LogP contribution in [0.5, 0.6) is 5.75 Å². The van der Waals surface area contributed by atoms with Crippen molar-refractivity contribution in [1.29, 1.82) is 5.26 Å². The van der Waals surface area contributed by atoms with E-state index < -0.39 is 23.1 Å². The van der Waals surface area contributed by atoms with E-state index in [2.05, 4.69) is 15.6 Å². The zero-order valence-corrected chi connectivity index (χ0v) is 19.1. The summed E-state index contributed by atoms with van der Waals surface area (Å²) in [4.78, 5) is 14.2. The van der Waals surface area contributed by atoms with Crippen molar-refractivity contribution in [3.05, 3.63) is 47.0 Å². The predicted molar refractivity (Wildman–Crippen MR) is 117 cm³/mol. The summed E-state index contributed by atoms with van der Waals surface area (Å²) < 4.78 is 36.8. The van der Waals surface area contributed by atoms with Crippen molar-refractivity contribution in [2.24, 2.45) is 0 Å². The van der Waals surface area contributed by atoms with Crippen molar-refractivity contribution in [3.63, 3.8) is 0 Å². The van der Waals surface area contributed by atoms with E-state index in [1.165, 1.54) is 7.11 Å². The lowest BCUT2D eigenvalue weighted by Crippen LogP contribution is -2.33. The fourth-order valence-corrected chi connectivity index (χ4v) is 3.60. The molecule has 0 saturated carbocycles. The van der Waals surface area contributed by atoms with Crippen LogP contribution in [0.15, 0.2) is 30.3 Å². The van der Waals surface area contributed by atoms with E-state index in [4.69, 9.17) is 9.47 Å². The smallest absolute Gasteiger partial charge is 0.410 e. The maximum Gasteiger partial charge on any atom is 0.410 e. The Hall–Kier alpha value is -3.13. The number of nitrogens with one attached hydrogen (secondary N) is 1. The molecule has 1 N–H and O–H groups in total. The molecule has 1 heterocycles. The maximum atomic E-state index is 12.7. The molecule has 32 heavy (non-hydrogen) atoms. The van der Waals surface area contributed by atoms with Gasteiger partial charge < -0.3 is 19.3 Å². The summed E-state index contributed by atoms with van der Waals surface area (Å²) in [5.74, 6) is 0.582. The number of benzene rings is 2. The monoisotopic (exact) mass is 458 g/mol. The van der Waals surface area contributed by atoms with Crippen LogP contribution < -0.4 is 10.1 Å². The first-order valence-electron chi connectivity index (χ1n) is 9.80. The van der Waals surface area contributed by atoms with Gasteiger partial charge in [-0.2, -0.15) is 5.26 Å². The number of anilines is 1. The van der Waals surface area contributed by atoms with Crippen molar-refractivity contribution < 1.29 is 27.2 Å². The average Bonchev–Trinajstić information content (AvgIpc) is 3.15. The second kappa shape index (κ2) is 9.56. The molecule has 0 spiro atoms. The summed E-state index contributed by atoms with van der Waals surface area (Å²) >= 11 is -2.65. The first kappa shape index (κ1) is 23.5. The molecule has 170 valence electrons. The molecule has 1 aliphatic heterocycles. The van der Waals surface area contributed by atoms with E-state index in [0.717, 1.165) is 16.7 Å². The average molecular weight is 459 g/mol. The van der Waals surface area contributed by atoms with Crippen LogP contribution in [0.4, 0.5) is 10.5 Å². The zero-order valence-electron chi connectivity index (χ0n) is 18.3. The molecule has 2 aromatic rings. The molecule has 9 nitrogen and oxygen atoms in total. The van der Waals surface area contributed by atoms with Crippen LogP contribution >= 0.6 is 0 Å². The minimum Gasteiger partial charge on any atom is -0.750 e. The number of rotatable bonds is 6. The van der Waals surface area contributed by atoms with Gasteiger partial charge in [0.15, 0.2) is 0 Å². The van der Waals surface area contributed by atoms with E-state index in [-0.39, 0.29) is 6.73 Å². The molecule has 0 aliphatic carbocycles. The predicted octanol–water partition coefficient (Wildman–Crippen LogP) is 3.66. The lowest BCUT2D eigenvalue weighted by atomic mass is 9.93. The molecule has 1 atom stereocenters. The SMILES string of the molecule is COc1ccc(C#N)c(-c2cc(NCOS(=O)[O-])cc3c2CN(C(=O)OC(C)(C)C)C3)c1. The van der Waals surface area contributed by atoms with Gasteiger partial charge in [0.2, 0.25) is 0 Å². The summed E-state index contributed by atoms with van der Waals surface area (Å²) in [7, 11) is 1.54. The number of carbonyl (C=O) groups is 1. The molecule has 2 aromatic carbocycles. The summed E-state index contributed by atoms with van der Waals surface area (Å²) in [6, 6.07) is 10.9. The Balaban J connectivity index is 2.04. The van der Waals surface area contributed by atoms with E-state index in [9.17, 15) is 18.8 Å². The second-order valence-corrected chi connectivity index (χ2v) is 8.81. The van der Waals surface area contributed by atoms with Crippen molar-refractivity contribution in [1.82, 2.24) is 4.90 Å². The van der Waals surface area contributed by atoms with Crippen LogP contribution in [0.1, 0.15) is 37.5 Å². The van der Waals surface area contributed by atoms with Gasteiger partial charge in [0.05, 0.1) is 36.6 Å². The third-order valence-electron chi connectivity index (χ3n) is 4.77. The van der Waals surface area contributed by atoms with Crippen LogP contribution in [-0.2, 0) is 33.4 Å². The lowest BCUT2D eigenvalue weighted by Gasteiger charge is -2.24. The molecule has 0 aromatic heterocycles. The summed E-state index contributed by atoms with van der Waals surface area (Å²) in [6.45, 7) is 5.77. The van der Waals surface area contributed by atoms with Crippen LogP contribution in [-0.4, -0.2) is 39.2 Å². The van der Waals surface area contributed by atoms with Gasteiger partial charge >= 0.3 is 6.09 Å². The largest absolute Gasteiger partial charge is 0.750 e. The van der Waals surface area contributed by atoms with E-state index in [1.807, 2.05) is 6.07 Å². The van der Waals surface area contributed by atoms with Gasteiger partial charge in [-0.25, -0.2) is 9.00 Å². The van der Waals surface area contributed by atoms with Gasteiger partial charge in [0.1, 0.15) is 18.1 Å². The number of carbonyl (C=O) groups excluding carboxylic acids is 1. The highest BCUT2D eigenvalue weighted by atomic mass is 32.2. The molecular formula is C22H24N3O6S-. The van der Waals surface area contributed by atoms with E-state index >= 15 is 0 Å². The Bertz CT molecular complexity index is 1090. The highest BCUT2D eigenvalue weighted by Gasteiger charge is 2.30. The standard InChI is InChI=1S/C22H25N3O6S/c1-22(2,3)31-21(26)25-11-15-7-16(24-13-30-32(27)28)8-19(20(15)12-25)18-9-17(29-4)6-5-14(18)10-23/h5-9,24H,11-13H2,1-4H3,(H,27,28)/p-1. The number of fused-ring (bicyclic) bond motifs is 1. The molecule has 0 radical (unpaired) electrons. The molecule has 0 fully saturated rings. The van der Waals surface area contributed by atoms with Crippen molar-refractivity contribution in [2.45, 2.75) is 39.5 Å². The van der Waals surface area contributed by atoms with Gasteiger partial charge in [0, 0.05) is 17.8 Å². The molecule has 0 saturated heterocycles. The van der Waals surface area contributed by atoms with Crippen molar-refractivity contribution in [3.8, 4) is 22.9 Å². The molecule has 10 heteroatoms. The quantitative estimate of drug-likeness (QED) is 0.514. The Morgan fingerprint density at radius 1 is 1.25 bits per heavy atom. The third kappa shape index (κ3) is 5.56. The normalized spacial score (nSPS) is 13.8. The molecule has 1 unspecified atom stereocenters. The number of hydrogen-bond donors (Lipinski definition) is 1. The van der Waals surface area contributed by atoms with Crippen molar-refractivity contribution >= 4 is 23.1 Å². The Morgan fingerprint density at radius 3 is 2.62 bits per heavy atom. The third-order valence-corrected chi connectivity index (χ3v) is 5.08. The lowest BCUT2D eigenvalue weighted by molar-refractivity contribution is 0.0242. The summed E-state index contributed by atoms with van der Waals surface area (Å²) in [5, 5.41) is 12.6. The van der Waals surface area contributed by atoms with Gasteiger partial charge in [-0.1, -0.05) is 0 Å².